The van der Waals surface area contributed by atoms with Crippen molar-refractivity contribution in [2.24, 2.45) is 0 Å². The van der Waals surface area contributed by atoms with Gasteiger partial charge in [0.1, 0.15) is 16.2 Å². The van der Waals surface area contributed by atoms with Crippen molar-refractivity contribution in [2.75, 3.05) is 127 Å². The minimum Gasteiger partial charge on any atom is -0.444 e. The lowest BCUT2D eigenvalue weighted by Gasteiger charge is -2.44. The smallest absolute Gasteiger partial charge is 0.410 e. The van der Waals surface area contributed by atoms with E-state index in [1.54, 1.807) is 9.80 Å². The number of halogens is 5. The quantitative estimate of drug-likeness (QED) is 0.105. The third kappa shape index (κ3) is 15.7. The number of nitrogen functional groups attached to an aromatic ring is 1. The van der Waals surface area contributed by atoms with Gasteiger partial charge in [0.05, 0.1) is 34.2 Å². The van der Waals surface area contributed by atoms with Crippen LogP contribution in [0, 0.1) is 0 Å². The Kier molecular flexibility index (Phi) is 20.2. The lowest BCUT2D eigenvalue weighted by atomic mass is 9.93. The largest absolute Gasteiger partial charge is 0.444 e. The fourth-order valence-corrected chi connectivity index (χ4v) is 11.8. The highest BCUT2D eigenvalue weighted by atomic mass is 35.5. The average Bonchev–Trinajstić information content (AvgIpc) is 3.48. The van der Waals surface area contributed by atoms with Crippen molar-refractivity contribution in [3.63, 3.8) is 0 Å². The Hall–Kier alpha value is -5.35. The molecule has 0 atom stereocenters. The first-order valence-electron chi connectivity index (χ1n) is 27.6. The van der Waals surface area contributed by atoms with Gasteiger partial charge in [-0.25, -0.2) is 24.5 Å². The Balaban J connectivity index is 0.000000187. The molecule has 0 bridgehead atoms. The van der Waals surface area contributed by atoms with Gasteiger partial charge in [-0.3, -0.25) is 19.4 Å². The van der Waals surface area contributed by atoms with E-state index in [0.717, 1.165) is 127 Å². The highest BCUT2D eigenvalue weighted by molar-refractivity contribution is 6.41. The van der Waals surface area contributed by atoms with Gasteiger partial charge >= 0.3 is 12.2 Å². The van der Waals surface area contributed by atoms with Gasteiger partial charge in [-0.05, 0) is 139 Å². The first-order chi connectivity index (χ1) is 38.3. The zero-order valence-corrected chi connectivity index (χ0v) is 51.3. The Labute approximate surface area is 500 Å². The van der Waals surface area contributed by atoms with Crippen LogP contribution < -0.4 is 20.9 Å². The minimum atomic E-state index is -0.481. The monoisotopic (exact) mass is 1210 g/mol. The summed E-state index contributed by atoms with van der Waals surface area (Å²) in [5.74, 6) is 0.369. The van der Waals surface area contributed by atoms with Crippen LogP contribution in [0.3, 0.4) is 0 Å². The number of benzene rings is 2. The molecule has 25 heteroatoms. The van der Waals surface area contributed by atoms with Gasteiger partial charge in [0.25, 0.3) is 11.8 Å². The standard InChI is InChI=1S/C28H37Cl2N7O3.C24H37N5O3.C4HCl3N2/c1-28(2,3)40-27(39)37-15-13-35(14-16-37)18-7-11-36(12-8-18)22-6-5-21(23-19(22)9-10-34(4)25(23)38)32-24-20(29)17-31-26(30)33-24;1-24(2,3)32-23(31)29-15-13-27(14-16-29)17-7-11-28(12-8-17)20-6-5-19(25)21-18(20)9-10-26(4)22(21)30;5-2-1-8-4(7)9-3(2)6/h5-6,17-18H,7-16H2,1-4H3,(H,31,32,33);5-6,17H,7-16,25H2,1-4H3;1H. The molecule has 0 saturated carbocycles. The summed E-state index contributed by atoms with van der Waals surface area (Å²) >= 11 is 28.5. The fourth-order valence-electron chi connectivity index (χ4n) is 11.2. The minimum absolute atomic E-state index is 0.0281. The molecule has 4 amide bonds. The molecule has 81 heavy (non-hydrogen) atoms. The Bertz CT molecular complexity index is 2910. The van der Waals surface area contributed by atoms with Gasteiger partial charge in [0.15, 0.2) is 11.0 Å². The zero-order chi connectivity index (χ0) is 58.5. The van der Waals surface area contributed by atoms with E-state index >= 15 is 0 Å². The number of piperazine rings is 2. The summed E-state index contributed by atoms with van der Waals surface area (Å²) in [5, 5.41) is 4.21. The van der Waals surface area contributed by atoms with Crippen molar-refractivity contribution < 1.29 is 28.7 Å². The van der Waals surface area contributed by atoms with Crippen LogP contribution in [0.4, 0.5) is 38.2 Å². The van der Waals surface area contributed by atoms with E-state index < -0.39 is 11.2 Å². The molecule has 20 nitrogen and oxygen atoms in total. The third-order valence-corrected chi connectivity index (χ3v) is 16.6. The number of hydrogen-bond acceptors (Lipinski definition) is 16. The molecular weight excluding hydrogens is 1140 g/mol. The van der Waals surface area contributed by atoms with Gasteiger partial charge in [0.2, 0.25) is 10.6 Å². The van der Waals surface area contributed by atoms with Crippen LogP contribution in [0.25, 0.3) is 0 Å². The van der Waals surface area contributed by atoms with Crippen LogP contribution in [0.5, 0.6) is 0 Å². The molecular formula is C56H75Cl5N14O6. The number of fused-ring (bicyclic) bond motifs is 2. The molecule has 4 saturated heterocycles. The van der Waals surface area contributed by atoms with Crippen LogP contribution in [0.15, 0.2) is 36.7 Å². The molecule has 0 radical (unpaired) electrons. The molecule has 0 spiro atoms. The molecule has 3 N–H and O–H groups in total. The van der Waals surface area contributed by atoms with Crippen molar-refractivity contribution in [3.8, 4) is 0 Å². The van der Waals surface area contributed by atoms with E-state index in [4.69, 9.17) is 73.2 Å². The van der Waals surface area contributed by atoms with E-state index in [0.29, 0.717) is 70.1 Å². The number of amides is 4. The predicted octanol–water partition coefficient (Wildman–Crippen LogP) is 9.53. The molecule has 6 aliphatic heterocycles. The molecule has 0 aliphatic carbocycles. The number of nitrogens with two attached hydrogens (primary N) is 1. The number of likely N-dealkylation sites (N-methyl/N-ethyl adjacent to an activating group) is 2. The second-order valence-corrected chi connectivity index (χ2v) is 25.0. The number of rotatable bonds is 6. The van der Waals surface area contributed by atoms with Gasteiger partial charge in [-0.2, -0.15) is 4.98 Å². The molecule has 2 aromatic heterocycles. The SMILES string of the molecule is CN1CCc2c(N3CCC(N4CCN(C(=O)OC(C)(C)C)CC4)CC3)ccc(N)c2C1=O.CN1CCc2c(N3CCC(N4CCN(C(=O)OC(C)(C)C)CC4)CC3)ccc(Nc3nc(Cl)ncc3Cl)c2C1=O.Clc1ncc(Cl)c(Cl)n1. The highest BCUT2D eigenvalue weighted by Crippen LogP contribution is 2.39. The number of nitrogens with one attached hydrogen (secondary N) is 1. The zero-order valence-electron chi connectivity index (χ0n) is 47.5. The van der Waals surface area contributed by atoms with Crippen molar-refractivity contribution in [2.45, 2.75) is 103 Å². The Morgan fingerprint density at radius 1 is 0.568 bits per heavy atom. The van der Waals surface area contributed by atoms with E-state index in [-0.39, 0.29) is 39.7 Å². The number of nitrogens with zero attached hydrogens (tertiary/aromatic N) is 12. The lowest BCUT2D eigenvalue weighted by Crippen LogP contribution is -2.55. The number of hydrogen-bond donors (Lipinski definition) is 2. The second-order valence-electron chi connectivity index (χ2n) is 23.1. The Morgan fingerprint density at radius 3 is 1.43 bits per heavy atom. The number of aromatic nitrogens is 4. The molecule has 6 aliphatic rings. The molecule has 10 rings (SSSR count). The summed E-state index contributed by atoms with van der Waals surface area (Å²) in [6.07, 6.45) is 8.20. The van der Waals surface area contributed by atoms with Crippen LogP contribution in [-0.4, -0.2) is 202 Å². The molecule has 4 aromatic rings. The maximum atomic E-state index is 13.4. The third-order valence-electron chi connectivity index (χ3n) is 15.3. The van der Waals surface area contributed by atoms with E-state index in [9.17, 15) is 19.2 Å². The van der Waals surface area contributed by atoms with E-state index in [1.165, 1.54) is 18.1 Å². The summed E-state index contributed by atoms with van der Waals surface area (Å²) in [5.41, 5.74) is 12.3. The van der Waals surface area contributed by atoms with Gasteiger partial charge in [-0.1, -0.05) is 34.8 Å². The summed E-state index contributed by atoms with van der Waals surface area (Å²) in [6.45, 7) is 22.9. The van der Waals surface area contributed by atoms with Gasteiger partial charge in [0, 0.05) is 135 Å². The van der Waals surface area contributed by atoms with Crippen molar-refractivity contribution >= 4 is 111 Å². The van der Waals surface area contributed by atoms with Gasteiger partial charge < -0.3 is 49.9 Å². The molecule has 8 heterocycles. The fraction of sp³-hybridized carbons (Fsp3) is 0.571. The molecule has 0 unspecified atom stereocenters. The average molecular weight is 1220 g/mol. The maximum absolute atomic E-state index is 13.4. The normalized spacial score (nSPS) is 18.8. The summed E-state index contributed by atoms with van der Waals surface area (Å²) in [7, 11) is 3.66. The summed E-state index contributed by atoms with van der Waals surface area (Å²) < 4.78 is 11.1. The maximum Gasteiger partial charge on any atom is 0.410 e. The summed E-state index contributed by atoms with van der Waals surface area (Å²) in [6, 6.07) is 9.01. The number of piperidine rings is 2. The van der Waals surface area contributed by atoms with Crippen molar-refractivity contribution in [3.05, 3.63) is 84.7 Å². The molecule has 440 valence electrons. The van der Waals surface area contributed by atoms with Gasteiger partial charge in [-0.15, -0.1) is 0 Å². The topological polar surface area (TPSA) is 202 Å². The molecule has 2 aromatic carbocycles. The van der Waals surface area contributed by atoms with Crippen molar-refractivity contribution in [1.82, 2.24) is 49.3 Å². The van der Waals surface area contributed by atoms with Crippen LogP contribution >= 0.6 is 58.0 Å². The molecule has 4 fully saturated rings. The number of anilines is 5. The first kappa shape index (κ1) is 61.7. The lowest BCUT2D eigenvalue weighted by molar-refractivity contribution is 0.00821. The number of carbonyl (C=O) groups excluding carboxylic acids is 4. The van der Waals surface area contributed by atoms with E-state index in [1.807, 2.05) is 77.6 Å². The van der Waals surface area contributed by atoms with Crippen molar-refractivity contribution in [1.29, 1.82) is 0 Å². The van der Waals surface area contributed by atoms with E-state index in [2.05, 4.69) is 57.0 Å². The predicted molar refractivity (Wildman–Crippen MR) is 320 cm³/mol. The highest BCUT2D eigenvalue weighted by Gasteiger charge is 2.36. The second kappa shape index (κ2) is 26.5. The first-order valence-corrected chi connectivity index (χ1v) is 29.5. The number of ether oxygens (including phenoxy) is 2. The van der Waals surface area contributed by atoms with Crippen LogP contribution in [0.2, 0.25) is 25.8 Å². The Morgan fingerprint density at radius 2 is 0.988 bits per heavy atom. The van der Waals surface area contributed by atoms with Crippen LogP contribution in [-0.2, 0) is 22.3 Å². The number of carbonyl (C=O) groups is 4. The van der Waals surface area contributed by atoms with Crippen LogP contribution in [0.1, 0.15) is 99.1 Å². The summed E-state index contributed by atoms with van der Waals surface area (Å²) in [4.78, 5) is 83.0.